The van der Waals surface area contributed by atoms with Crippen molar-refractivity contribution in [2.24, 2.45) is 7.05 Å². The number of sulfonamides is 1. The Kier molecular flexibility index (Phi) is 3.19. The van der Waals surface area contributed by atoms with Crippen molar-refractivity contribution in [2.75, 3.05) is 10.5 Å². The van der Waals surface area contributed by atoms with E-state index < -0.39 is 15.8 Å². The molecule has 0 bridgehead atoms. The number of nitrogens with two attached hydrogens (primary N) is 1. The Balaban J connectivity index is 2.39. The van der Waals surface area contributed by atoms with Crippen LogP contribution in [0.4, 0.5) is 15.9 Å². The molecule has 1 heterocycles. The Hall–Kier alpha value is -2.09. The van der Waals surface area contributed by atoms with Gasteiger partial charge in [-0.2, -0.15) is 5.10 Å². The lowest BCUT2D eigenvalue weighted by molar-refractivity contribution is 0.601. The van der Waals surface area contributed by atoms with Gasteiger partial charge in [-0.15, -0.1) is 0 Å². The third-order valence-electron chi connectivity index (χ3n) is 2.54. The van der Waals surface area contributed by atoms with Crippen molar-refractivity contribution >= 4 is 21.5 Å². The lowest BCUT2D eigenvalue weighted by atomic mass is 10.2. The summed E-state index contributed by atoms with van der Waals surface area (Å²) in [6.07, 6.45) is 1.30. The molecular formula is C11H13FN4O2S. The van der Waals surface area contributed by atoms with E-state index in [9.17, 15) is 12.8 Å². The first-order chi connectivity index (χ1) is 8.79. The van der Waals surface area contributed by atoms with Gasteiger partial charge >= 0.3 is 0 Å². The molecule has 0 radical (unpaired) electrons. The van der Waals surface area contributed by atoms with E-state index in [4.69, 9.17) is 5.73 Å². The molecule has 6 nitrogen and oxygen atoms in total. The van der Waals surface area contributed by atoms with Crippen molar-refractivity contribution in [1.82, 2.24) is 9.78 Å². The van der Waals surface area contributed by atoms with E-state index in [0.717, 1.165) is 0 Å². The Labute approximate surface area is 110 Å². The molecule has 1 aromatic carbocycles. The van der Waals surface area contributed by atoms with Crippen LogP contribution in [0.2, 0.25) is 0 Å². The number of aromatic nitrogens is 2. The third kappa shape index (κ3) is 2.68. The van der Waals surface area contributed by atoms with Crippen LogP contribution < -0.4 is 10.5 Å². The van der Waals surface area contributed by atoms with Crippen molar-refractivity contribution in [2.45, 2.75) is 11.8 Å². The predicted octanol–water partition coefficient (Wildman–Crippen LogP) is 1.25. The van der Waals surface area contributed by atoms with E-state index in [1.165, 1.54) is 29.1 Å². The fourth-order valence-corrected chi connectivity index (χ4v) is 2.87. The summed E-state index contributed by atoms with van der Waals surface area (Å²) in [4.78, 5) is -0.112. The van der Waals surface area contributed by atoms with Gasteiger partial charge in [0.05, 0.1) is 5.69 Å². The summed E-state index contributed by atoms with van der Waals surface area (Å²) in [5.74, 6) is -0.517. The number of rotatable bonds is 3. The summed E-state index contributed by atoms with van der Waals surface area (Å²) in [6, 6.07) is 3.77. The molecule has 2 rings (SSSR count). The van der Waals surface area contributed by atoms with Gasteiger partial charge in [-0.05, 0) is 30.7 Å². The van der Waals surface area contributed by atoms with Crippen LogP contribution in [0, 0.1) is 12.7 Å². The van der Waals surface area contributed by atoms with Gasteiger partial charge in [0.1, 0.15) is 10.7 Å². The second kappa shape index (κ2) is 4.54. The first-order valence-electron chi connectivity index (χ1n) is 5.37. The summed E-state index contributed by atoms with van der Waals surface area (Å²) in [5.41, 5.74) is 6.31. The molecule has 2 aromatic rings. The molecule has 3 N–H and O–H groups in total. The van der Waals surface area contributed by atoms with E-state index in [2.05, 4.69) is 9.82 Å². The van der Waals surface area contributed by atoms with Crippen LogP contribution in [-0.4, -0.2) is 18.2 Å². The second-order valence-corrected chi connectivity index (χ2v) is 5.77. The number of nitrogens with one attached hydrogen (secondary N) is 1. The maximum atomic E-state index is 13.0. The summed E-state index contributed by atoms with van der Waals surface area (Å²) in [5, 5.41) is 3.77. The minimum Gasteiger partial charge on any atom is -0.381 e. The summed E-state index contributed by atoms with van der Waals surface area (Å²) in [6.45, 7) is 1.60. The molecule has 19 heavy (non-hydrogen) atoms. The first kappa shape index (κ1) is 13.3. The van der Waals surface area contributed by atoms with Crippen LogP contribution in [0.15, 0.2) is 29.3 Å². The normalized spacial score (nSPS) is 11.5. The zero-order valence-corrected chi connectivity index (χ0v) is 11.2. The van der Waals surface area contributed by atoms with Crippen LogP contribution in [-0.2, 0) is 17.1 Å². The number of nitrogens with zero attached hydrogens (tertiary/aromatic N) is 2. The van der Waals surface area contributed by atoms with Gasteiger partial charge < -0.3 is 5.73 Å². The number of halogens is 1. The summed E-state index contributed by atoms with van der Waals surface area (Å²) in [7, 11) is -2.27. The molecule has 0 spiro atoms. The standard InChI is InChI=1S/C11H13FN4O2S/c1-7-5-8(12)3-4-9(7)15-19(17,18)10-6-16(2)14-11(10)13/h3-6,15H,1-2H3,(H2,13,14). The molecule has 0 aliphatic rings. The Morgan fingerprint density at radius 2 is 2.11 bits per heavy atom. The van der Waals surface area contributed by atoms with Crippen LogP contribution in [0.3, 0.4) is 0 Å². The number of benzene rings is 1. The van der Waals surface area contributed by atoms with Gasteiger partial charge in [-0.25, -0.2) is 12.8 Å². The van der Waals surface area contributed by atoms with E-state index in [0.29, 0.717) is 11.3 Å². The molecule has 0 amide bonds. The summed E-state index contributed by atoms with van der Waals surface area (Å²) < 4.78 is 40.9. The second-order valence-electron chi connectivity index (χ2n) is 4.12. The quantitative estimate of drug-likeness (QED) is 0.887. The Bertz CT molecular complexity index is 724. The van der Waals surface area contributed by atoms with Crippen LogP contribution >= 0.6 is 0 Å². The summed E-state index contributed by atoms with van der Waals surface area (Å²) >= 11 is 0. The SMILES string of the molecule is Cc1cc(F)ccc1NS(=O)(=O)c1cn(C)nc1N. The van der Waals surface area contributed by atoms with E-state index in [-0.39, 0.29) is 10.7 Å². The van der Waals surface area contributed by atoms with Crippen LogP contribution in [0.25, 0.3) is 0 Å². The molecule has 0 unspecified atom stereocenters. The average molecular weight is 284 g/mol. The topological polar surface area (TPSA) is 90.0 Å². The fourth-order valence-electron chi connectivity index (χ4n) is 1.63. The van der Waals surface area contributed by atoms with Gasteiger partial charge in [0.15, 0.2) is 5.82 Å². The molecule has 0 aliphatic carbocycles. The largest absolute Gasteiger partial charge is 0.381 e. The molecule has 8 heteroatoms. The van der Waals surface area contributed by atoms with Crippen molar-refractivity contribution < 1.29 is 12.8 Å². The van der Waals surface area contributed by atoms with Gasteiger partial charge in [0, 0.05) is 13.2 Å². The van der Waals surface area contributed by atoms with Crippen LogP contribution in [0.5, 0.6) is 0 Å². The lowest BCUT2D eigenvalue weighted by Crippen LogP contribution is -2.14. The highest BCUT2D eigenvalue weighted by molar-refractivity contribution is 7.92. The zero-order chi connectivity index (χ0) is 14.2. The van der Waals surface area contributed by atoms with Crippen molar-refractivity contribution in [3.8, 4) is 0 Å². The molecular weight excluding hydrogens is 271 g/mol. The molecule has 0 aliphatic heterocycles. The van der Waals surface area contributed by atoms with Gasteiger partial charge in [0.2, 0.25) is 0 Å². The number of nitrogen functional groups attached to an aromatic ring is 1. The number of aryl methyl sites for hydroxylation is 2. The molecule has 0 saturated heterocycles. The Morgan fingerprint density at radius 3 is 2.63 bits per heavy atom. The van der Waals surface area contributed by atoms with E-state index in [1.54, 1.807) is 14.0 Å². The molecule has 0 fully saturated rings. The minimum absolute atomic E-state index is 0.0882. The van der Waals surface area contributed by atoms with Gasteiger partial charge in [-0.3, -0.25) is 9.40 Å². The molecule has 0 atom stereocenters. The number of hydrogen-bond donors (Lipinski definition) is 2. The maximum absolute atomic E-state index is 13.0. The molecule has 1 aromatic heterocycles. The minimum atomic E-state index is -3.84. The molecule has 0 saturated carbocycles. The Morgan fingerprint density at radius 1 is 1.42 bits per heavy atom. The highest BCUT2D eigenvalue weighted by Crippen LogP contribution is 2.22. The number of anilines is 2. The average Bonchev–Trinajstić information content (AvgIpc) is 2.63. The number of hydrogen-bond acceptors (Lipinski definition) is 4. The third-order valence-corrected chi connectivity index (χ3v) is 3.93. The monoisotopic (exact) mass is 284 g/mol. The highest BCUT2D eigenvalue weighted by atomic mass is 32.2. The van der Waals surface area contributed by atoms with Gasteiger partial charge in [0.25, 0.3) is 10.0 Å². The van der Waals surface area contributed by atoms with E-state index >= 15 is 0 Å². The van der Waals surface area contributed by atoms with Crippen LogP contribution in [0.1, 0.15) is 5.56 Å². The van der Waals surface area contributed by atoms with Crippen molar-refractivity contribution in [3.05, 3.63) is 35.8 Å². The smallest absolute Gasteiger partial charge is 0.267 e. The lowest BCUT2D eigenvalue weighted by Gasteiger charge is -2.09. The van der Waals surface area contributed by atoms with Gasteiger partial charge in [-0.1, -0.05) is 0 Å². The van der Waals surface area contributed by atoms with Crippen molar-refractivity contribution in [3.63, 3.8) is 0 Å². The zero-order valence-electron chi connectivity index (χ0n) is 10.4. The fraction of sp³-hybridized carbons (Fsp3) is 0.182. The maximum Gasteiger partial charge on any atom is 0.267 e. The predicted molar refractivity (Wildman–Crippen MR) is 69.6 cm³/mol. The highest BCUT2D eigenvalue weighted by Gasteiger charge is 2.21. The first-order valence-corrected chi connectivity index (χ1v) is 6.86. The van der Waals surface area contributed by atoms with E-state index in [1.807, 2.05) is 0 Å². The molecule has 102 valence electrons. The van der Waals surface area contributed by atoms with Crippen molar-refractivity contribution in [1.29, 1.82) is 0 Å².